The quantitative estimate of drug-likeness (QED) is 0.713. The molecule has 1 nitrogen and oxygen atoms in total. The molecule has 2 aliphatic rings. The summed E-state index contributed by atoms with van der Waals surface area (Å²) in [5.41, 5.74) is -0.200. The molecule has 20 heavy (non-hydrogen) atoms. The van der Waals surface area contributed by atoms with Crippen LogP contribution in [0, 0.1) is 34.4 Å². The lowest BCUT2D eigenvalue weighted by molar-refractivity contribution is -0.0432. The summed E-state index contributed by atoms with van der Waals surface area (Å²) in [6.07, 6.45) is 2.97. The molecule has 1 aromatic carbocycles. The van der Waals surface area contributed by atoms with E-state index in [2.05, 4.69) is 32.6 Å². The third-order valence-electron chi connectivity index (χ3n) is 6.15. The van der Waals surface area contributed by atoms with Gasteiger partial charge >= 0.3 is 0 Å². The zero-order valence-corrected chi connectivity index (χ0v) is 12.3. The minimum atomic E-state index is -0.923. The van der Waals surface area contributed by atoms with E-state index in [1.54, 1.807) is 12.1 Å². The van der Waals surface area contributed by atoms with Gasteiger partial charge in [-0.2, -0.15) is 0 Å². The van der Waals surface area contributed by atoms with Gasteiger partial charge in [0.05, 0.1) is 0 Å². The molecular weight excluding hydrogens is 251 g/mol. The second-order valence-electron chi connectivity index (χ2n) is 7.11. The number of fused-ring (bicyclic) bond motifs is 2. The Labute approximate surface area is 120 Å². The molecule has 106 valence electrons. The highest BCUT2D eigenvalue weighted by Crippen LogP contribution is 2.69. The first-order chi connectivity index (χ1) is 9.28. The molecule has 1 N–H and O–H groups in total. The molecule has 0 saturated heterocycles. The Kier molecular flexibility index (Phi) is 2.79. The van der Waals surface area contributed by atoms with E-state index in [1.165, 1.54) is 18.6 Å². The number of aliphatic hydroxyl groups is 1. The van der Waals surface area contributed by atoms with Crippen molar-refractivity contribution in [1.82, 2.24) is 0 Å². The van der Waals surface area contributed by atoms with Crippen LogP contribution in [0.4, 0.5) is 4.39 Å². The predicted molar refractivity (Wildman–Crippen MR) is 77.5 cm³/mol. The molecule has 3 atom stereocenters. The molecule has 2 saturated carbocycles. The van der Waals surface area contributed by atoms with Crippen molar-refractivity contribution >= 4 is 0 Å². The van der Waals surface area contributed by atoms with E-state index in [0.29, 0.717) is 5.92 Å². The number of benzene rings is 1. The third-order valence-corrected chi connectivity index (χ3v) is 6.15. The Hall–Kier alpha value is -1.33. The fourth-order valence-electron chi connectivity index (χ4n) is 4.17. The first kappa shape index (κ1) is 13.6. The molecule has 0 aliphatic heterocycles. The van der Waals surface area contributed by atoms with Crippen LogP contribution in [0.5, 0.6) is 0 Å². The minimum absolute atomic E-state index is 0.124. The third kappa shape index (κ3) is 1.66. The van der Waals surface area contributed by atoms with Crippen molar-refractivity contribution < 1.29 is 9.50 Å². The van der Waals surface area contributed by atoms with Crippen molar-refractivity contribution in [1.29, 1.82) is 0 Å². The van der Waals surface area contributed by atoms with Crippen molar-refractivity contribution in [3.8, 4) is 11.8 Å². The van der Waals surface area contributed by atoms with Crippen LogP contribution in [-0.4, -0.2) is 10.7 Å². The Balaban J connectivity index is 1.94. The summed E-state index contributed by atoms with van der Waals surface area (Å²) in [5.74, 6) is 6.42. The van der Waals surface area contributed by atoms with Crippen LogP contribution in [0.25, 0.3) is 0 Å². The van der Waals surface area contributed by atoms with Crippen molar-refractivity contribution in [2.75, 3.05) is 0 Å². The van der Waals surface area contributed by atoms with E-state index in [0.717, 1.165) is 18.4 Å². The number of hydrogen-bond donors (Lipinski definition) is 1. The normalized spacial score (nSPS) is 37.5. The zero-order valence-electron chi connectivity index (χ0n) is 12.3. The number of halogens is 1. The van der Waals surface area contributed by atoms with Gasteiger partial charge in [-0.05, 0) is 54.9 Å². The molecule has 2 aliphatic carbocycles. The zero-order chi connectivity index (χ0) is 14.6. The highest BCUT2D eigenvalue weighted by molar-refractivity contribution is 5.39. The van der Waals surface area contributed by atoms with Gasteiger partial charge in [-0.15, -0.1) is 0 Å². The molecular formula is C18H21FO. The fraction of sp³-hybridized carbons (Fsp3) is 0.556. The molecule has 2 fully saturated rings. The topological polar surface area (TPSA) is 20.2 Å². The molecule has 0 heterocycles. The first-order valence-electron chi connectivity index (χ1n) is 7.30. The van der Waals surface area contributed by atoms with Crippen LogP contribution in [0.3, 0.4) is 0 Å². The summed E-state index contributed by atoms with van der Waals surface area (Å²) < 4.78 is 12.9. The second-order valence-corrected chi connectivity index (χ2v) is 7.11. The average Bonchev–Trinajstić information content (AvgIpc) is 2.70. The van der Waals surface area contributed by atoms with Crippen molar-refractivity contribution in [3.63, 3.8) is 0 Å². The molecule has 0 aromatic heterocycles. The van der Waals surface area contributed by atoms with E-state index in [-0.39, 0.29) is 16.6 Å². The van der Waals surface area contributed by atoms with Crippen molar-refractivity contribution in [2.24, 2.45) is 16.7 Å². The maximum absolute atomic E-state index is 12.9. The summed E-state index contributed by atoms with van der Waals surface area (Å²) in [6, 6.07) is 6.12. The Morgan fingerprint density at radius 2 is 1.85 bits per heavy atom. The van der Waals surface area contributed by atoms with Crippen LogP contribution in [0.15, 0.2) is 24.3 Å². The Bertz CT molecular complexity index is 592. The van der Waals surface area contributed by atoms with Gasteiger partial charge in [0.1, 0.15) is 11.4 Å². The smallest absolute Gasteiger partial charge is 0.131 e. The Morgan fingerprint density at radius 1 is 1.20 bits per heavy atom. The standard InChI is InChI=1S/C18H21FO/c1-16(2)14-9-10-17(16,3)18(20,12-14)11-8-13-4-6-15(19)7-5-13/h4-7,14,20H,9-10,12H2,1-3H3/t14-,17-,18-/m1/s1. The van der Waals surface area contributed by atoms with Gasteiger partial charge in [0.15, 0.2) is 0 Å². The molecule has 0 radical (unpaired) electrons. The molecule has 3 rings (SSSR count). The number of rotatable bonds is 0. The predicted octanol–water partition coefficient (Wildman–Crippen LogP) is 3.75. The van der Waals surface area contributed by atoms with Crippen LogP contribution in [0.2, 0.25) is 0 Å². The molecule has 1 aromatic rings. The largest absolute Gasteiger partial charge is 0.377 e. The van der Waals surface area contributed by atoms with Crippen LogP contribution in [-0.2, 0) is 0 Å². The van der Waals surface area contributed by atoms with E-state index in [9.17, 15) is 9.50 Å². The lowest BCUT2D eigenvalue weighted by Crippen LogP contribution is -2.46. The fourth-order valence-corrected chi connectivity index (χ4v) is 4.17. The van der Waals surface area contributed by atoms with Crippen LogP contribution >= 0.6 is 0 Å². The molecule has 2 heteroatoms. The summed E-state index contributed by atoms with van der Waals surface area (Å²) in [4.78, 5) is 0. The van der Waals surface area contributed by atoms with Gasteiger partial charge in [0.2, 0.25) is 0 Å². The maximum atomic E-state index is 12.9. The second kappa shape index (κ2) is 4.09. The van der Waals surface area contributed by atoms with Crippen LogP contribution < -0.4 is 0 Å². The van der Waals surface area contributed by atoms with Gasteiger partial charge in [-0.1, -0.05) is 32.6 Å². The van der Waals surface area contributed by atoms with Gasteiger partial charge in [-0.3, -0.25) is 0 Å². The highest BCUT2D eigenvalue weighted by Gasteiger charge is 2.68. The van der Waals surface area contributed by atoms with E-state index < -0.39 is 5.60 Å². The monoisotopic (exact) mass is 272 g/mol. The molecule has 0 unspecified atom stereocenters. The molecule has 0 spiro atoms. The first-order valence-corrected chi connectivity index (χ1v) is 7.30. The average molecular weight is 272 g/mol. The van der Waals surface area contributed by atoms with E-state index >= 15 is 0 Å². The molecule has 0 amide bonds. The van der Waals surface area contributed by atoms with Gasteiger partial charge < -0.3 is 5.11 Å². The van der Waals surface area contributed by atoms with Gasteiger partial charge in [0.25, 0.3) is 0 Å². The SMILES string of the molecule is CC1(C)[C@@H]2CC[C@@]1(C)[C@@](O)(C#Cc1ccc(F)cc1)C2. The van der Waals surface area contributed by atoms with Crippen molar-refractivity contribution in [3.05, 3.63) is 35.6 Å². The van der Waals surface area contributed by atoms with Crippen LogP contribution in [0.1, 0.15) is 45.6 Å². The van der Waals surface area contributed by atoms with E-state index in [1.807, 2.05) is 0 Å². The lowest BCUT2D eigenvalue weighted by atomic mass is 9.64. The van der Waals surface area contributed by atoms with Gasteiger partial charge in [0, 0.05) is 11.0 Å². The summed E-state index contributed by atoms with van der Waals surface area (Å²) in [5, 5.41) is 11.0. The van der Waals surface area contributed by atoms with E-state index in [4.69, 9.17) is 0 Å². The summed E-state index contributed by atoms with van der Waals surface area (Å²) in [7, 11) is 0. The van der Waals surface area contributed by atoms with Crippen molar-refractivity contribution in [2.45, 2.75) is 45.6 Å². The lowest BCUT2D eigenvalue weighted by Gasteiger charge is -2.42. The molecule has 2 bridgehead atoms. The Morgan fingerprint density at radius 3 is 2.35 bits per heavy atom. The summed E-state index contributed by atoms with van der Waals surface area (Å²) in [6.45, 7) is 6.67. The maximum Gasteiger partial charge on any atom is 0.131 e. The summed E-state index contributed by atoms with van der Waals surface area (Å²) >= 11 is 0. The highest BCUT2D eigenvalue weighted by atomic mass is 19.1. The van der Waals surface area contributed by atoms with Gasteiger partial charge in [-0.25, -0.2) is 4.39 Å². The number of hydrogen-bond acceptors (Lipinski definition) is 1. The minimum Gasteiger partial charge on any atom is -0.377 e.